The summed E-state index contributed by atoms with van der Waals surface area (Å²) in [5.74, 6) is 0.475. The molecule has 10 nitrogen and oxygen atoms in total. The van der Waals surface area contributed by atoms with Crippen molar-refractivity contribution in [2.75, 3.05) is 25.0 Å². The van der Waals surface area contributed by atoms with E-state index in [0.717, 1.165) is 52.9 Å². The van der Waals surface area contributed by atoms with Crippen LogP contribution in [0.25, 0.3) is 16.9 Å². The second kappa shape index (κ2) is 11.7. The van der Waals surface area contributed by atoms with E-state index in [2.05, 4.69) is 36.1 Å². The Morgan fingerprint density at radius 2 is 2.08 bits per heavy atom. The molecule has 40 heavy (non-hydrogen) atoms. The summed E-state index contributed by atoms with van der Waals surface area (Å²) in [6.45, 7) is 5.48. The highest BCUT2D eigenvalue weighted by Gasteiger charge is 2.17. The Bertz CT molecular complexity index is 1560. The van der Waals surface area contributed by atoms with Gasteiger partial charge < -0.3 is 10.6 Å². The second-order valence-electron chi connectivity index (χ2n) is 10.3. The molecule has 1 aliphatic heterocycles. The summed E-state index contributed by atoms with van der Waals surface area (Å²) in [7, 11) is 0. The van der Waals surface area contributed by atoms with Crippen LogP contribution >= 0.6 is 11.5 Å². The maximum atomic E-state index is 13.5. The van der Waals surface area contributed by atoms with Crippen LogP contribution in [0.4, 0.5) is 15.2 Å². The topological polar surface area (TPSA) is 105 Å². The lowest BCUT2D eigenvalue weighted by atomic mass is 10.0. The van der Waals surface area contributed by atoms with Crippen LogP contribution in [0.2, 0.25) is 0 Å². The van der Waals surface area contributed by atoms with Crippen molar-refractivity contribution in [3.05, 3.63) is 66.0 Å². The van der Waals surface area contributed by atoms with E-state index in [1.54, 1.807) is 23.2 Å². The van der Waals surface area contributed by atoms with Crippen molar-refractivity contribution in [2.45, 2.75) is 51.9 Å². The van der Waals surface area contributed by atoms with Gasteiger partial charge >= 0.3 is 0 Å². The predicted molar refractivity (Wildman–Crippen MR) is 153 cm³/mol. The largest absolute Gasteiger partial charge is 0.351 e. The Morgan fingerprint density at radius 3 is 2.92 bits per heavy atom. The number of carbonyl (C=O) groups is 1. The third-order valence-corrected chi connectivity index (χ3v) is 7.85. The van der Waals surface area contributed by atoms with Gasteiger partial charge in [0, 0.05) is 37.5 Å². The molecule has 2 aliphatic rings. The van der Waals surface area contributed by atoms with Crippen molar-refractivity contribution < 1.29 is 9.18 Å². The van der Waals surface area contributed by atoms with Crippen LogP contribution in [0, 0.1) is 6.92 Å². The number of hydrogen-bond acceptors (Lipinski definition) is 8. The smallest absolute Gasteiger partial charge is 0.241 e. The number of nitrogens with zero attached hydrogens (tertiary/aromatic N) is 7. The minimum atomic E-state index is -0.991. The summed E-state index contributed by atoms with van der Waals surface area (Å²) in [6, 6.07) is 2.09. The first-order valence-corrected chi connectivity index (χ1v) is 14.4. The molecule has 1 saturated heterocycles. The van der Waals surface area contributed by atoms with Gasteiger partial charge in [-0.2, -0.15) is 9.47 Å². The third-order valence-electron chi connectivity index (χ3n) is 7.10. The van der Waals surface area contributed by atoms with Crippen LogP contribution < -0.4 is 10.6 Å². The number of halogens is 1. The fraction of sp³-hybridized carbons (Fsp3) is 0.393. The van der Waals surface area contributed by atoms with Gasteiger partial charge in [-0.1, -0.05) is 24.6 Å². The van der Waals surface area contributed by atoms with E-state index in [9.17, 15) is 9.18 Å². The Labute approximate surface area is 235 Å². The van der Waals surface area contributed by atoms with Crippen molar-refractivity contribution in [1.29, 1.82) is 0 Å². The maximum Gasteiger partial charge on any atom is 0.241 e. The Kier molecular flexibility index (Phi) is 7.69. The first-order chi connectivity index (χ1) is 19.5. The summed E-state index contributed by atoms with van der Waals surface area (Å²) < 4.78 is 21.7. The number of nitrogens with one attached hydrogen (secondary N) is 2. The van der Waals surface area contributed by atoms with E-state index in [1.165, 1.54) is 36.9 Å². The van der Waals surface area contributed by atoms with Gasteiger partial charge in [0.05, 0.1) is 29.5 Å². The summed E-state index contributed by atoms with van der Waals surface area (Å²) in [6.07, 6.45) is 15.5. The molecule has 0 aromatic carbocycles. The van der Waals surface area contributed by atoms with Gasteiger partial charge in [0.2, 0.25) is 5.91 Å². The first kappa shape index (κ1) is 26.3. The van der Waals surface area contributed by atoms with Gasteiger partial charge in [-0.25, -0.2) is 14.4 Å². The number of aromatic nitrogens is 6. The number of piperidine rings is 1. The molecule has 1 aliphatic carbocycles. The zero-order chi connectivity index (χ0) is 27.5. The molecule has 1 amide bonds. The van der Waals surface area contributed by atoms with Gasteiger partial charge in [-0.05, 0) is 56.0 Å². The lowest BCUT2D eigenvalue weighted by molar-refractivity contribution is -0.121. The number of rotatable bonds is 9. The maximum absolute atomic E-state index is 13.5. The molecule has 0 saturated carbocycles. The molecular weight excluding hydrogens is 529 g/mol. The average molecular weight is 562 g/mol. The number of aryl methyl sites for hydroxylation is 1. The summed E-state index contributed by atoms with van der Waals surface area (Å²) in [5, 5.41) is 11.6. The van der Waals surface area contributed by atoms with Crippen LogP contribution in [-0.4, -0.2) is 65.1 Å². The zero-order valence-corrected chi connectivity index (χ0v) is 23.2. The fourth-order valence-electron chi connectivity index (χ4n) is 5.14. The van der Waals surface area contributed by atoms with Crippen molar-refractivity contribution in [2.24, 2.45) is 0 Å². The molecule has 6 rings (SSSR count). The normalized spacial score (nSPS) is 17.8. The van der Waals surface area contributed by atoms with Crippen LogP contribution in [0.3, 0.4) is 0 Å². The highest BCUT2D eigenvalue weighted by atomic mass is 32.1. The van der Waals surface area contributed by atoms with E-state index in [-0.39, 0.29) is 12.5 Å². The Morgan fingerprint density at radius 1 is 1.20 bits per heavy atom. The standard InChI is InChI=1S/C28H32FN9OS/c1-19-15-38-24(21-13-32-37(16-21)18-25(39)30-12-20-6-5-7-22(29)10-20)14-31-28(38)27(33-19)34-26-11-23(35-40-26)17-36-8-3-2-4-9-36/h5-7,11,13-16,22H,2-4,8-10,12,17-18H2,1H3,(H,30,39)(H,33,34). The van der Waals surface area contributed by atoms with E-state index in [0.29, 0.717) is 24.4 Å². The second-order valence-corrected chi connectivity index (χ2v) is 11.2. The van der Waals surface area contributed by atoms with Gasteiger partial charge in [0.25, 0.3) is 0 Å². The summed E-state index contributed by atoms with van der Waals surface area (Å²) >= 11 is 1.43. The van der Waals surface area contributed by atoms with Gasteiger partial charge in [-0.3, -0.25) is 18.8 Å². The van der Waals surface area contributed by atoms with E-state index in [1.807, 2.05) is 29.8 Å². The lowest BCUT2D eigenvalue weighted by Crippen LogP contribution is -2.30. The number of likely N-dealkylation sites (tertiary alicyclic amines) is 1. The van der Waals surface area contributed by atoms with Crippen LogP contribution in [0.5, 0.6) is 0 Å². The van der Waals surface area contributed by atoms with E-state index < -0.39 is 6.17 Å². The molecule has 1 unspecified atom stereocenters. The molecule has 2 N–H and O–H groups in total. The van der Waals surface area contributed by atoms with E-state index >= 15 is 0 Å². The molecule has 12 heteroatoms. The van der Waals surface area contributed by atoms with Gasteiger partial charge in [0.15, 0.2) is 11.5 Å². The SMILES string of the molecule is Cc1cn2c(-c3cnn(CC(=O)NCC4=CC=CC(F)C4)c3)cnc2c(Nc2cc(CN3CCCCC3)ns2)n1. The molecule has 0 spiro atoms. The highest BCUT2D eigenvalue weighted by Crippen LogP contribution is 2.28. The molecule has 4 aromatic heterocycles. The molecule has 5 heterocycles. The van der Waals surface area contributed by atoms with Crippen LogP contribution in [0.1, 0.15) is 37.1 Å². The summed E-state index contributed by atoms with van der Waals surface area (Å²) in [5.41, 5.74) is 5.13. The predicted octanol–water partition coefficient (Wildman–Crippen LogP) is 4.43. The molecule has 208 valence electrons. The van der Waals surface area contributed by atoms with Crippen LogP contribution in [-0.2, 0) is 17.9 Å². The number of alkyl halides is 1. The Hall–Kier alpha value is -3.90. The number of hydrogen-bond donors (Lipinski definition) is 2. The zero-order valence-electron chi connectivity index (χ0n) is 22.4. The molecule has 1 atom stereocenters. The van der Waals surface area contributed by atoms with Gasteiger partial charge in [-0.15, -0.1) is 0 Å². The lowest BCUT2D eigenvalue weighted by Gasteiger charge is -2.25. The highest BCUT2D eigenvalue weighted by molar-refractivity contribution is 7.10. The van der Waals surface area contributed by atoms with Crippen molar-refractivity contribution >= 4 is 33.9 Å². The average Bonchev–Trinajstić information content (AvgIpc) is 3.68. The number of allylic oxidation sites excluding steroid dienone is 3. The molecule has 1 fully saturated rings. The molecule has 0 bridgehead atoms. The quantitative estimate of drug-likeness (QED) is 0.312. The minimum absolute atomic E-state index is 0.0669. The van der Waals surface area contributed by atoms with Crippen molar-refractivity contribution in [3.8, 4) is 11.3 Å². The van der Waals surface area contributed by atoms with Crippen molar-refractivity contribution in [1.82, 2.24) is 38.7 Å². The number of anilines is 2. The monoisotopic (exact) mass is 561 g/mol. The Balaban J connectivity index is 1.13. The molecule has 4 aromatic rings. The number of carbonyl (C=O) groups excluding carboxylic acids is 1. The van der Waals surface area contributed by atoms with E-state index in [4.69, 9.17) is 4.98 Å². The minimum Gasteiger partial charge on any atom is -0.351 e. The van der Waals surface area contributed by atoms with Gasteiger partial charge in [0.1, 0.15) is 17.7 Å². The third kappa shape index (κ3) is 6.13. The first-order valence-electron chi connectivity index (χ1n) is 13.6. The number of amides is 1. The number of imidazole rings is 1. The van der Waals surface area contributed by atoms with Crippen LogP contribution in [0.15, 0.2) is 54.7 Å². The van der Waals surface area contributed by atoms with Crippen molar-refractivity contribution in [3.63, 3.8) is 0 Å². The summed E-state index contributed by atoms with van der Waals surface area (Å²) in [4.78, 5) is 24.3. The number of fused-ring (bicyclic) bond motifs is 1. The molecule has 0 radical (unpaired) electrons. The fourth-order valence-corrected chi connectivity index (χ4v) is 5.80. The molecular formula is C28H32FN9OS.